The minimum absolute atomic E-state index is 0.0377. The summed E-state index contributed by atoms with van der Waals surface area (Å²) < 4.78 is 5.09. The average Bonchev–Trinajstić information content (AvgIpc) is 2.80. The Morgan fingerprint density at radius 1 is 1.06 bits per heavy atom. The minimum Gasteiger partial charge on any atom is -0.504 e. The molecule has 0 aliphatic rings. The summed E-state index contributed by atoms with van der Waals surface area (Å²) >= 11 is 0. The Balaban J connectivity index is 1.67. The molecule has 6 nitrogen and oxygen atoms in total. The summed E-state index contributed by atoms with van der Waals surface area (Å²) in [5, 5.41) is 14.5. The van der Waals surface area contributed by atoms with E-state index >= 15 is 0 Å². The topological polar surface area (TPSA) is 83.8 Å². The fourth-order valence-electron chi connectivity index (χ4n) is 3.28. The van der Waals surface area contributed by atoms with Crippen LogP contribution in [0.15, 0.2) is 77.9 Å². The zero-order valence-electron chi connectivity index (χ0n) is 17.2. The van der Waals surface area contributed by atoms with E-state index in [-0.39, 0.29) is 11.7 Å². The Bertz CT molecular complexity index is 1280. The normalized spacial score (nSPS) is 11.0. The van der Waals surface area contributed by atoms with Gasteiger partial charge < -0.3 is 9.84 Å². The molecule has 4 aromatic rings. The van der Waals surface area contributed by atoms with E-state index in [1.165, 1.54) is 19.4 Å². The fraction of sp³-hybridized carbons (Fsp3) is 0.0800. The second-order valence-corrected chi connectivity index (χ2v) is 7.07. The van der Waals surface area contributed by atoms with Gasteiger partial charge in [-0.25, -0.2) is 10.4 Å². The van der Waals surface area contributed by atoms with Crippen molar-refractivity contribution in [2.75, 3.05) is 7.11 Å². The van der Waals surface area contributed by atoms with Crippen LogP contribution >= 0.6 is 0 Å². The summed E-state index contributed by atoms with van der Waals surface area (Å²) in [6.07, 6.45) is 1.49. The van der Waals surface area contributed by atoms with Crippen LogP contribution in [0, 0.1) is 6.92 Å². The third-order valence-electron chi connectivity index (χ3n) is 4.86. The highest BCUT2D eigenvalue weighted by Gasteiger charge is 2.14. The molecule has 4 rings (SSSR count). The first-order valence-corrected chi connectivity index (χ1v) is 9.72. The van der Waals surface area contributed by atoms with Crippen molar-refractivity contribution in [2.24, 2.45) is 5.10 Å². The van der Waals surface area contributed by atoms with E-state index in [0.29, 0.717) is 22.6 Å². The van der Waals surface area contributed by atoms with Crippen LogP contribution in [-0.2, 0) is 0 Å². The number of benzene rings is 3. The number of phenolic OH excluding ortho intramolecular Hbond substituents is 1. The number of carbonyl (C=O) groups excluding carboxylic acids is 1. The quantitative estimate of drug-likeness (QED) is 0.369. The lowest BCUT2D eigenvalue weighted by atomic mass is 10.0. The fourth-order valence-corrected chi connectivity index (χ4v) is 3.28. The molecule has 0 aliphatic carbocycles. The second-order valence-electron chi connectivity index (χ2n) is 7.07. The van der Waals surface area contributed by atoms with E-state index in [4.69, 9.17) is 9.72 Å². The van der Waals surface area contributed by atoms with Crippen molar-refractivity contribution in [3.05, 3.63) is 89.5 Å². The van der Waals surface area contributed by atoms with Gasteiger partial charge in [-0.05, 0) is 48.9 Å². The van der Waals surface area contributed by atoms with E-state index in [1.807, 2.05) is 55.5 Å². The smallest absolute Gasteiger partial charge is 0.272 e. The van der Waals surface area contributed by atoms with Crippen molar-refractivity contribution in [2.45, 2.75) is 6.92 Å². The first kappa shape index (κ1) is 20.1. The van der Waals surface area contributed by atoms with Gasteiger partial charge in [-0.1, -0.05) is 42.0 Å². The summed E-state index contributed by atoms with van der Waals surface area (Å²) in [5.74, 6) is 0.0336. The molecule has 154 valence electrons. The Hall–Kier alpha value is -4.19. The maximum atomic E-state index is 13.0. The summed E-state index contributed by atoms with van der Waals surface area (Å²) in [4.78, 5) is 17.7. The number of ether oxygens (including phenoxy) is 1. The lowest BCUT2D eigenvalue weighted by Crippen LogP contribution is -2.18. The Labute approximate surface area is 179 Å². The highest BCUT2D eigenvalue weighted by molar-refractivity contribution is 6.07. The van der Waals surface area contributed by atoms with Crippen molar-refractivity contribution in [1.29, 1.82) is 0 Å². The van der Waals surface area contributed by atoms with Gasteiger partial charge in [0.15, 0.2) is 11.5 Å². The molecule has 0 fully saturated rings. The van der Waals surface area contributed by atoms with Crippen LogP contribution in [0.1, 0.15) is 21.5 Å². The third kappa shape index (κ3) is 4.38. The molecule has 1 heterocycles. The molecule has 0 aliphatic heterocycles. The van der Waals surface area contributed by atoms with Gasteiger partial charge in [0, 0.05) is 10.9 Å². The maximum Gasteiger partial charge on any atom is 0.272 e. The first-order valence-electron chi connectivity index (χ1n) is 9.72. The number of pyridine rings is 1. The summed E-state index contributed by atoms with van der Waals surface area (Å²) in [7, 11) is 1.47. The molecule has 1 amide bonds. The van der Waals surface area contributed by atoms with Crippen molar-refractivity contribution in [3.63, 3.8) is 0 Å². The summed E-state index contributed by atoms with van der Waals surface area (Å²) in [6, 6.07) is 22.2. The highest BCUT2D eigenvalue weighted by Crippen LogP contribution is 2.26. The van der Waals surface area contributed by atoms with Crippen LogP contribution in [0.5, 0.6) is 11.5 Å². The lowest BCUT2D eigenvalue weighted by molar-refractivity contribution is 0.0956. The number of aromatic nitrogens is 1. The van der Waals surface area contributed by atoms with Crippen LogP contribution < -0.4 is 10.2 Å². The number of carbonyl (C=O) groups is 1. The van der Waals surface area contributed by atoms with Crippen molar-refractivity contribution in [1.82, 2.24) is 10.4 Å². The molecule has 0 radical (unpaired) electrons. The monoisotopic (exact) mass is 411 g/mol. The largest absolute Gasteiger partial charge is 0.504 e. The molecule has 6 heteroatoms. The molecule has 3 aromatic carbocycles. The number of hydrogen-bond donors (Lipinski definition) is 2. The zero-order valence-corrected chi connectivity index (χ0v) is 17.2. The van der Waals surface area contributed by atoms with Crippen molar-refractivity contribution in [3.8, 4) is 22.8 Å². The van der Waals surface area contributed by atoms with E-state index in [2.05, 4.69) is 10.5 Å². The SMILES string of the molecule is COc1cc(C=NNC(=O)c2cc(-c3ccccc3)nc3ccc(C)cc23)ccc1O. The van der Waals surface area contributed by atoms with Gasteiger partial charge in [0.2, 0.25) is 0 Å². The molecular weight excluding hydrogens is 390 g/mol. The Morgan fingerprint density at radius 3 is 2.65 bits per heavy atom. The summed E-state index contributed by atoms with van der Waals surface area (Å²) in [6.45, 7) is 1.97. The predicted octanol–water partition coefficient (Wildman–Crippen LogP) is 4.69. The molecule has 2 N–H and O–H groups in total. The number of nitrogens with zero attached hydrogens (tertiary/aromatic N) is 2. The van der Waals surface area contributed by atoms with E-state index in [0.717, 1.165) is 22.0 Å². The summed E-state index contributed by atoms with van der Waals surface area (Å²) in [5.41, 5.74) is 7.18. The highest BCUT2D eigenvalue weighted by atomic mass is 16.5. The van der Waals surface area contributed by atoms with Crippen LogP contribution in [0.3, 0.4) is 0 Å². The standard InChI is InChI=1S/C25H21N3O3/c1-16-8-10-21-19(12-16)20(14-22(27-21)18-6-4-3-5-7-18)25(30)28-26-15-17-9-11-23(29)24(13-17)31-2/h3-15,29H,1-2H3,(H,28,30). The van der Waals surface area contributed by atoms with E-state index in [9.17, 15) is 9.90 Å². The van der Waals surface area contributed by atoms with E-state index in [1.54, 1.807) is 18.2 Å². The van der Waals surface area contributed by atoms with Gasteiger partial charge >= 0.3 is 0 Å². The van der Waals surface area contributed by atoms with Gasteiger partial charge in [-0.3, -0.25) is 4.79 Å². The third-order valence-corrected chi connectivity index (χ3v) is 4.86. The van der Waals surface area contributed by atoms with Crippen LogP contribution in [0.4, 0.5) is 0 Å². The number of hydrazone groups is 1. The zero-order chi connectivity index (χ0) is 21.8. The minimum atomic E-state index is -0.336. The number of aryl methyl sites for hydroxylation is 1. The first-order chi connectivity index (χ1) is 15.0. The van der Waals surface area contributed by atoms with Crippen LogP contribution in [-0.4, -0.2) is 29.3 Å². The number of aromatic hydroxyl groups is 1. The van der Waals surface area contributed by atoms with Gasteiger partial charge in [0.25, 0.3) is 5.91 Å². The van der Waals surface area contributed by atoms with Crippen LogP contribution in [0.2, 0.25) is 0 Å². The number of rotatable bonds is 5. The van der Waals surface area contributed by atoms with Gasteiger partial charge in [0.1, 0.15) is 0 Å². The van der Waals surface area contributed by atoms with Gasteiger partial charge in [-0.2, -0.15) is 5.10 Å². The molecular formula is C25H21N3O3. The molecule has 0 spiro atoms. The van der Waals surface area contributed by atoms with Gasteiger partial charge in [-0.15, -0.1) is 0 Å². The molecule has 0 saturated heterocycles. The molecule has 1 aromatic heterocycles. The average molecular weight is 411 g/mol. The molecule has 31 heavy (non-hydrogen) atoms. The maximum absolute atomic E-state index is 13.0. The lowest BCUT2D eigenvalue weighted by Gasteiger charge is -2.10. The van der Waals surface area contributed by atoms with E-state index < -0.39 is 0 Å². The van der Waals surface area contributed by atoms with Crippen molar-refractivity contribution < 1.29 is 14.6 Å². The molecule has 0 saturated carbocycles. The number of nitrogens with one attached hydrogen (secondary N) is 1. The number of amides is 1. The second kappa shape index (κ2) is 8.67. The molecule has 0 bridgehead atoms. The Kier molecular flexibility index (Phi) is 5.62. The molecule has 0 atom stereocenters. The van der Waals surface area contributed by atoms with Crippen molar-refractivity contribution >= 4 is 23.0 Å². The Morgan fingerprint density at radius 2 is 1.87 bits per heavy atom. The molecule has 0 unspecified atom stereocenters. The number of fused-ring (bicyclic) bond motifs is 1. The van der Waals surface area contributed by atoms with Gasteiger partial charge in [0.05, 0.1) is 30.1 Å². The van der Waals surface area contributed by atoms with Crippen LogP contribution in [0.25, 0.3) is 22.2 Å². The number of hydrogen-bond acceptors (Lipinski definition) is 5. The number of methoxy groups -OCH3 is 1. The number of phenols is 1. The predicted molar refractivity (Wildman–Crippen MR) is 122 cm³/mol.